The van der Waals surface area contributed by atoms with Gasteiger partial charge in [0.1, 0.15) is 22.0 Å². The number of esters is 3. The molecule has 0 amide bonds. The number of thiophene rings is 1. The maximum absolute atomic E-state index is 12.0. The highest BCUT2D eigenvalue weighted by molar-refractivity contribution is 7.18. The zero-order valence-corrected chi connectivity index (χ0v) is 14.3. The molecular formula is C16H19NO6S. The molecule has 0 bridgehead atoms. The first kappa shape index (κ1) is 18.0. The number of hydrogen-bond donors (Lipinski definition) is 1. The number of ether oxygens (including phenoxy) is 3. The van der Waals surface area contributed by atoms with E-state index in [1.165, 1.54) is 14.2 Å². The fraction of sp³-hybridized carbons (Fsp3) is 0.438. The van der Waals surface area contributed by atoms with Crippen molar-refractivity contribution in [2.45, 2.75) is 25.9 Å². The highest BCUT2D eigenvalue weighted by atomic mass is 32.1. The number of carbonyl (C=O) groups excluding carboxylic acids is 3. The molecule has 1 unspecified atom stereocenters. The summed E-state index contributed by atoms with van der Waals surface area (Å²) in [5.41, 5.74) is 6.06. The van der Waals surface area contributed by atoms with Crippen LogP contribution in [0.1, 0.15) is 44.9 Å². The lowest BCUT2D eigenvalue weighted by molar-refractivity contribution is -0.145. The van der Waals surface area contributed by atoms with Crippen LogP contribution in [0.15, 0.2) is 12.2 Å². The van der Waals surface area contributed by atoms with Crippen LogP contribution in [-0.4, -0.2) is 32.1 Å². The number of anilines is 1. The van der Waals surface area contributed by atoms with Gasteiger partial charge in [0, 0.05) is 5.56 Å². The molecule has 0 saturated heterocycles. The maximum Gasteiger partial charge on any atom is 0.348 e. The first-order valence-electron chi connectivity index (χ1n) is 7.38. The molecule has 0 saturated carbocycles. The van der Waals surface area contributed by atoms with Gasteiger partial charge < -0.3 is 19.9 Å². The Morgan fingerprint density at radius 3 is 2.54 bits per heavy atom. The van der Waals surface area contributed by atoms with Gasteiger partial charge in [-0.25, -0.2) is 9.59 Å². The van der Waals surface area contributed by atoms with Crippen molar-refractivity contribution in [3.63, 3.8) is 0 Å². The third-order valence-electron chi connectivity index (χ3n) is 3.71. The molecule has 0 radical (unpaired) electrons. The van der Waals surface area contributed by atoms with Crippen LogP contribution in [0.5, 0.6) is 0 Å². The third-order valence-corrected chi connectivity index (χ3v) is 4.75. The first-order chi connectivity index (χ1) is 11.5. The van der Waals surface area contributed by atoms with Gasteiger partial charge in [0.05, 0.1) is 20.6 Å². The van der Waals surface area contributed by atoms with Crippen molar-refractivity contribution in [2.75, 3.05) is 20.0 Å². The second-order valence-electron chi connectivity index (χ2n) is 5.26. The molecule has 1 aromatic heterocycles. The average Bonchev–Trinajstić information content (AvgIpc) is 3.19. The summed E-state index contributed by atoms with van der Waals surface area (Å²) in [7, 11) is 2.43. The summed E-state index contributed by atoms with van der Waals surface area (Å²) in [5, 5.41) is 0.118. The number of nitrogens with two attached hydrogens (primary N) is 1. The Bertz CT molecular complexity index is 678. The highest BCUT2D eigenvalue weighted by Crippen LogP contribution is 2.33. The standard InChI is InChI=1S/C16H19NO6S/c1-21-15(19)12-10(13(16(20)22-2)24-14(12)17)8-23-11(18)7-9-5-3-4-6-9/h3,5,9H,4,6-8,17H2,1-2H3. The lowest BCUT2D eigenvalue weighted by Crippen LogP contribution is -2.14. The van der Waals surface area contributed by atoms with E-state index in [0.29, 0.717) is 0 Å². The van der Waals surface area contributed by atoms with Crippen molar-refractivity contribution in [1.29, 1.82) is 0 Å². The molecule has 0 fully saturated rings. The van der Waals surface area contributed by atoms with Gasteiger partial charge in [-0.05, 0) is 18.8 Å². The van der Waals surface area contributed by atoms with E-state index in [9.17, 15) is 14.4 Å². The van der Waals surface area contributed by atoms with Crippen molar-refractivity contribution in [2.24, 2.45) is 5.92 Å². The third kappa shape index (κ3) is 3.94. The minimum atomic E-state index is -0.691. The summed E-state index contributed by atoms with van der Waals surface area (Å²) in [4.78, 5) is 35.9. The molecule has 1 aromatic rings. The quantitative estimate of drug-likeness (QED) is 0.475. The molecule has 1 heterocycles. The molecule has 2 N–H and O–H groups in total. The summed E-state index contributed by atoms with van der Waals surface area (Å²) in [5.74, 6) is -1.57. The SMILES string of the molecule is COC(=O)c1sc(N)c(C(=O)OC)c1COC(=O)CC1C=CCC1. The number of allylic oxidation sites excluding steroid dienone is 2. The minimum Gasteiger partial charge on any atom is -0.465 e. The number of rotatable bonds is 6. The molecule has 2 rings (SSSR count). The fourth-order valence-electron chi connectivity index (χ4n) is 2.50. The van der Waals surface area contributed by atoms with Crippen molar-refractivity contribution in [1.82, 2.24) is 0 Å². The zero-order chi connectivity index (χ0) is 17.7. The molecular weight excluding hydrogens is 334 g/mol. The largest absolute Gasteiger partial charge is 0.465 e. The van der Waals surface area contributed by atoms with Crippen LogP contribution < -0.4 is 5.73 Å². The van der Waals surface area contributed by atoms with Crippen LogP contribution >= 0.6 is 11.3 Å². The van der Waals surface area contributed by atoms with Crippen LogP contribution in [-0.2, 0) is 25.6 Å². The molecule has 0 aliphatic heterocycles. The molecule has 1 atom stereocenters. The smallest absolute Gasteiger partial charge is 0.348 e. The molecule has 1 aliphatic carbocycles. The summed E-state index contributed by atoms with van der Waals surface area (Å²) < 4.78 is 14.6. The zero-order valence-electron chi connectivity index (χ0n) is 13.5. The Kier molecular flexibility index (Phi) is 5.97. The number of methoxy groups -OCH3 is 2. The van der Waals surface area contributed by atoms with E-state index >= 15 is 0 Å². The highest BCUT2D eigenvalue weighted by Gasteiger charge is 2.28. The predicted molar refractivity (Wildman–Crippen MR) is 87.7 cm³/mol. The predicted octanol–water partition coefficient (Wildman–Crippen LogP) is 2.30. The van der Waals surface area contributed by atoms with Gasteiger partial charge in [0.25, 0.3) is 0 Å². The van der Waals surface area contributed by atoms with Crippen LogP contribution in [0.3, 0.4) is 0 Å². The molecule has 1 aliphatic rings. The lowest BCUT2D eigenvalue weighted by atomic mass is 10.1. The Morgan fingerprint density at radius 2 is 1.96 bits per heavy atom. The lowest BCUT2D eigenvalue weighted by Gasteiger charge is -2.10. The van der Waals surface area contributed by atoms with E-state index in [2.05, 4.69) is 9.47 Å². The van der Waals surface area contributed by atoms with Gasteiger partial charge >= 0.3 is 17.9 Å². The molecule has 7 nitrogen and oxygen atoms in total. The van der Waals surface area contributed by atoms with Gasteiger partial charge in [-0.1, -0.05) is 12.2 Å². The van der Waals surface area contributed by atoms with E-state index in [1.807, 2.05) is 12.2 Å². The van der Waals surface area contributed by atoms with E-state index in [-0.39, 0.29) is 40.0 Å². The number of nitrogen functional groups attached to an aromatic ring is 1. The van der Waals surface area contributed by atoms with Crippen LogP contribution in [0.25, 0.3) is 0 Å². The molecule has 0 spiro atoms. The van der Waals surface area contributed by atoms with Crippen molar-refractivity contribution >= 4 is 34.2 Å². The minimum absolute atomic E-state index is 0.0384. The van der Waals surface area contributed by atoms with Gasteiger partial charge in [0.15, 0.2) is 0 Å². The topological polar surface area (TPSA) is 105 Å². The summed E-state index contributed by atoms with van der Waals surface area (Å²) in [6.07, 6.45) is 6.16. The van der Waals surface area contributed by atoms with E-state index in [4.69, 9.17) is 10.5 Å². The Hall–Kier alpha value is -2.35. The number of carbonyl (C=O) groups is 3. The Morgan fingerprint density at radius 1 is 1.25 bits per heavy atom. The molecule has 24 heavy (non-hydrogen) atoms. The van der Waals surface area contributed by atoms with Gasteiger partial charge in [-0.2, -0.15) is 0 Å². The monoisotopic (exact) mass is 353 g/mol. The second-order valence-corrected chi connectivity index (χ2v) is 6.31. The summed E-state index contributed by atoms with van der Waals surface area (Å²) >= 11 is 0.902. The fourth-order valence-corrected chi connectivity index (χ4v) is 3.48. The van der Waals surface area contributed by atoms with Crippen molar-refractivity contribution < 1.29 is 28.6 Å². The van der Waals surface area contributed by atoms with E-state index in [0.717, 1.165) is 24.2 Å². The van der Waals surface area contributed by atoms with E-state index < -0.39 is 17.9 Å². The van der Waals surface area contributed by atoms with Crippen LogP contribution in [0, 0.1) is 5.92 Å². The molecule has 0 aromatic carbocycles. The van der Waals surface area contributed by atoms with E-state index in [1.54, 1.807) is 0 Å². The van der Waals surface area contributed by atoms with Crippen molar-refractivity contribution in [3.8, 4) is 0 Å². The van der Waals surface area contributed by atoms with Gasteiger partial charge in [-0.15, -0.1) is 11.3 Å². The van der Waals surface area contributed by atoms with Gasteiger partial charge in [-0.3, -0.25) is 4.79 Å². The molecule has 130 valence electrons. The summed E-state index contributed by atoms with van der Waals surface area (Å²) in [6.45, 7) is -0.238. The second kappa shape index (κ2) is 7.96. The molecule has 8 heteroatoms. The van der Waals surface area contributed by atoms with Crippen molar-refractivity contribution in [3.05, 3.63) is 28.2 Å². The number of hydrogen-bond acceptors (Lipinski definition) is 8. The summed E-state index contributed by atoms with van der Waals surface area (Å²) in [6, 6.07) is 0. The Labute approximate surface area is 143 Å². The Balaban J connectivity index is 2.16. The average molecular weight is 353 g/mol. The first-order valence-corrected chi connectivity index (χ1v) is 8.19. The van der Waals surface area contributed by atoms with Gasteiger partial charge in [0.2, 0.25) is 0 Å². The van der Waals surface area contributed by atoms with Crippen LogP contribution in [0.2, 0.25) is 0 Å². The maximum atomic E-state index is 12.0. The normalized spacial score (nSPS) is 16.0. The van der Waals surface area contributed by atoms with Crippen LogP contribution in [0.4, 0.5) is 5.00 Å².